The molecule has 0 saturated carbocycles. The predicted octanol–water partition coefficient (Wildman–Crippen LogP) is 1.10. The van der Waals surface area contributed by atoms with E-state index in [0.29, 0.717) is 24.6 Å². The summed E-state index contributed by atoms with van der Waals surface area (Å²) in [5.74, 6) is 0.478. The molecule has 7 nitrogen and oxygen atoms in total. The Morgan fingerprint density at radius 2 is 2.10 bits per heavy atom. The van der Waals surface area contributed by atoms with E-state index in [1.165, 1.54) is 0 Å². The van der Waals surface area contributed by atoms with Gasteiger partial charge in [-0.3, -0.25) is 4.79 Å². The van der Waals surface area contributed by atoms with Gasteiger partial charge in [-0.2, -0.15) is 0 Å². The van der Waals surface area contributed by atoms with Crippen LogP contribution in [0.25, 0.3) is 11.2 Å². The highest BCUT2D eigenvalue weighted by molar-refractivity contribution is 5.68. The van der Waals surface area contributed by atoms with Gasteiger partial charge in [-0.25, -0.2) is 9.67 Å². The fourth-order valence-electron chi connectivity index (χ4n) is 2.04. The molecule has 0 amide bonds. The van der Waals surface area contributed by atoms with E-state index in [0.717, 1.165) is 5.56 Å². The van der Waals surface area contributed by atoms with Crippen LogP contribution in [0.1, 0.15) is 18.3 Å². The number of fused-ring (bicyclic) bond motifs is 1. The molecule has 0 aliphatic carbocycles. The highest BCUT2D eigenvalue weighted by Crippen LogP contribution is 2.08. The average Bonchev–Trinajstić information content (AvgIpc) is 2.90. The molecular weight excluding hydrogens is 270 g/mol. The van der Waals surface area contributed by atoms with Gasteiger partial charge in [0.15, 0.2) is 11.2 Å². The number of aromatic amines is 1. The van der Waals surface area contributed by atoms with Gasteiger partial charge in [-0.05, 0) is 12.5 Å². The van der Waals surface area contributed by atoms with Crippen LogP contribution in [-0.4, -0.2) is 31.6 Å². The lowest BCUT2D eigenvalue weighted by atomic mass is 10.2. The maximum atomic E-state index is 12.0. The zero-order valence-corrected chi connectivity index (χ0v) is 11.6. The SMILES string of the molecule is CCOCc1nc2c(nnn2Cc2ccccc2)c(=O)[nH]1. The van der Waals surface area contributed by atoms with Crippen molar-refractivity contribution in [1.29, 1.82) is 0 Å². The van der Waals surface area contributed by atoms with Crippen molar-refractivity contribution in [3.05, 3.63) is 52.1 Å². The van der Waals surface area contributed by atoms with Crippen molar-refractivity contribution in [2.75, 3.05) is 6.61 Å². The Morgan fingerprint density at radius 1 is 1.29 bits per heavy atom. The van der Waals surface area contributed by atoms with E-state index in [-0.39, 0.29) is 17.7 Å². The summed E-state index contributed by atoms with van der Waals surface area (Å²) in [5, 5.41) is 7.92. The molecule has 0 aliphatic rings. The van der Waals surface area contributed by atoms with Crippen molar-refractivity contribution >= 4 is 11.2 Å². The van der Waals surface area contributed by atoms with Gasteiger partial charge >= 0.3 is 0 Å². The average molecular weight is 285 g/mol. The Kier molecular flexibility index (Phi) is 3.74. The van der Waals surface area contributed by atoms with Crippen LogP contribution in [0, 0.1) is 0 Å². The first kappa shape index (κ1) is 13.4. The number of hydrogen-bond donors (Lipinski definition) is 1. The van der Waals surface area contributed by atoms with Crippen molar-refractivity contribution in [2.24, 2.45) is 0 Å². The zero-order valence-electron chi connectivity index (χ0n) is 11.6. The number of H-pyrrole nitrogens is 1. The molecule has 0 saturated heterocycles. The van der Waals surface area contributed by atoms with E-state index in [1.807, 2.05) is 37.3 Å². The summed E-state index contributed by atoms with van der Waals surface area (Å²) in [6.45, 7) is 3.22. The number of aromatic nitrogens is 5. The van der Waals surface area contributed by atoms with Crippen LogP contribution in [-0.2, 0) is 17.9 Å². The van der Waals surface area contributed by atoms with Gasteiger partial charge in [0.2, 0.25) is 0 Å². The van der Waals surface area contributed by atoms with Crippen LogP contribution in [0.5, 0.6) is 0 Å². The van der Waals surface area contributed by atoms with Crippen LogP contribution in [0.15, 0.2) is 35.1 Å². The maximum absolute atomic E-state index is 12.0. The molecule has 108 valence electrons. The lowest BCUT2D eigenvalue weighted by Gasteiger charge is -2.03. The number of benzene rings is 1. The quantitative estimate of drug-likeness (QED) is 0.758. The normalized spacial score (nSPS) is 11.1. The van der Waals surface area contributed by atoms with Gasteiger partial charge < -0.3 is 9.72 Å². The Morgan fingerprint density at radius 3 is 2.86 bits per heavy atom. The molecule has 0 spiro atoms. The summed E-state index contributed by atoms with van der Waals surface area (Å²) in [7, 11) is 0. The van der Waals surface area contributed by atoms with Gasteiger partial charge in [0.25, 0.3) is 5.56 Å². The first-order valence-corrected chi connectivity index (χ1v) is 6.72. The Bertz CT molecular complexity index is 794. The van der Waals surface area contributed by atoms with Crippen molar-refractivity contribution < 1.29 is 4.74 Å². The second-order valence-electron chi connectivity index (χ2n) is 4.55. The molecule has 2 aromatic heterocycles. The number of rotatable bonds is 5. The first-order valence-electron chi connectivity index (χ1n) is 6.72. The van der Waals surface area contributed by atoms with Crippen molar-refractivity contribution in [3.63, 3.8) is 0 Å². The monoisotopic (exact) mass is 285 g/mol. The van der Waals surface area contributed by atoms with E-state index in [1.54, 1.807) is 4.68 Å². The highest BCUT2D eigenvalue weighted by atomic mass is 16.5. The third kappa shape index (κ3) is 2.82. The molecule has 1 N–H and O–H groups in total. The van der Waals surface area contributed by atoms with Gasteiger partial charge in [0.1, 0.15) is 12.4 Å². The predicted molar refractivity (Wildman–Crippen MR) is 76.8 cm³/mol. The van der Waals surface area contributed by atoms with Crippen molar-refractivity contribution in [1.82, 2.24) is 25.0 Å². The molecular formula is C14H15N5O2. The minimum absolute atomic E-state index is 0.242. The summed E-state index contributed by atoms with van der Waals surface area (Å²) in [6.07, 6.45) is 0. The third-order valence-electron chi connectivity index (χ3n) is 3.04. The van der Waals surface area contributed by atoms with Crippen LogP contribution in [0.4, 0.5) is 0 Å². The van der Waals surface area contributed by atoms with Crippen molar-refractivity contribution in [3.8, 4) is 0 Å². The summed E-state index contributed by atoms with van der Waals surface area (Å²) in [4.78, 5) is 19.0. The van der Waals surface area contributed by atoms with E-state index in [4.69, 9.17) is 4.74 Å². The molecule has 7 heteroatoms. The van der Waals surface area contributed by atoms with E-state index < -0.39 is 0 Å². The largest absolute Gasteiger partial charge is 0.374 e. The van der Waals surface area contributed by atoms with E-state index >= 15 is 0 Å². The van der Waals surface area contributed by atoms with E-state index in [2.05, 4.69) is 20.3 Å². The molecule has 3 aromatic rings. The standard InChI is InChI=1S/C14H15N5O2/c1-2-21-9-11-15-13-12(14(20)16-11)17-18-19(13)8-10-6-4-3-5-7-10/h3-7H,2,8-9H2,1H3,(H,15,16,20). The lowest BCUT2D eigenvalue weighted by molar-refractivity contribution is 0.128. The lowest BCUT2D eigenvalue weighted by Crippen LogP contribution is -2.14. The number of ether oxygens (including phenoxy) is 1. The second kappa shape index (κ2) is 5.84. The number of hydrogen-bond acceptors (Lipinski definition) is 5. The summed E-state index contributed by atoms with van der Waals surface area (Å²) >= 11 is 0. The van der Waals surface area contributed by atoms with Crippen LogP contribution < -0.4 is 5.56 Å². The Hall–Kier alpha value is -2.54. The molecule has 1 aromatic carbocycles. The fraction of sp³-hybridized carbons (Fsp3) is 0.286. The van der Waals surface area contributed by atoms with Crippen LogP contribution in [0.2, 0.25) is 0 Å². The van der Waals surface area contributed by atoms with Gasteiger partial charge in [-0.15, -0.1) is 5.10 Å². The van der Waals surface area contributed by atoms with Crippen LogP contribution >= 0.6 is 0 Å². The molecule has 0 unspecified atom stereocenters. The molecule has 0 fully saturated rings. The summed E-state index contributed by atoms with van der Waals surface area (Å²) in [5.41, 5.74) is 1.48. The molecule has 3 rings (SSSR count). The van der Waals surface area contributed by atoms with Gasteiger partial charge in [0.05, 0.1) is 6.54 Å². The minimum atomic E-state index is -0.297. The topological polar surface area (TPSA) is 85.7 Å². The molecule has 0 atom stereocenters. The Labute approximate surface area is 120 Å². The number of nitrogens with zero attached hydrogens (tertiary/aromatic N) is 4. The molecule has 2 heterocycles. The van der Waals surface area contributed by atoms with Crippen LogP contribution in [0.3, 0.4) is 0 Å². The molecule has 0 bridgehead atoms. The van der Waals surface area contributed by atoms with E-state index in [9.17, 15) is 4.79 Å². The number of nitrogens with one attached hydrogen (secondary N) is 1. The van der Waals surface area contributed by atoms with Crippen molar-refractivity contribution in [2.45, 2.75) is 20.1 Å². The second-order valence-corrected chi connectivity index (χ2v) is 4.55. The minimum Gasteiger partial charge on any atom is -0.374 e. The van der Waals surface area contributed by atoms with Gasteiger partial charge in [0, 0.05) is 6.61 Å². The molecule has 0 aliphatic heterocycles. The third-order valence-corrected chi connectivity index (χ3v) is 3.04. The summed E-state index contributed by atoms with van der Waals surface area (Å²) in [6, 6.07) is 9.83. The highest BCUT2D eigenvalue weighted by Gasteiger charge is 2.12. The first-order chi connectivity index (χ1) is 10.3. The van der Waals surface area contributed by atoms with Gasteiger partial charge in [-0.1, -0.05) is 35.5 Å². The smallest absolute Gasteiger partial charge is 0.281 e. The summed E-state index contributed by atoms with van der Waals surface area (Å²) < 4.78 is 6.90. The molecule has 0 radical (unpaired) electrons. The molecule has 21 heavy (non-hydrogen) atoms. The zero-order chi connectivity index (χ0) is 14.7. The maximum Gasteiger partial charge on any atom is 0.281 e. The fourth-order valence-corrected chi connectivity index (χ4v) is 2.04. The Balaban J connectivity index is 1.99.